The molecule has 0 bridgehead atoms. The molecule has 1 N–H and O–H groups in total. The van der Waals surface area contributed by atoms with Gasteiger partial charge in [0.05, 0.1) is 12.6 Å². The summed E-state index contributed by atoms with van der Waals surface area (Å²) >= 11 is 0. The van der Waals surface area contributed by atoms with E-state index in [1.54, 1.807) is 0 Å². The van der Waals surface area contributed by atoms with Gasteiger partial charge in [-0.1, -0.05) is 5.92 Å². The van der Waals surface area contributed by atoms with Crippen LogP contribution in [0.1, 0.15) is 12.8 Å². The Labute approximate surface area is 86.8 Å². The van der Waals surface area contributed by atoms with Gasteiger partial charge in [0, 0.05) is 26.2 Å². The van der Waals surface area contributed by atoms with Gasteiger partial charge in [0.1, 0.15) is 0 Å². The van der Waals surface area contributed by atoms with Crippen LogP contribution in [0.4, 0.5) is 0 Å². The van der Waals surface area contributed by atoms with Gasteiger partial charge >= 0.3 is 0 Å². The molecule has 1 heterocycles. The van der Waals surface area contributed by atoms with E-state index in [-0.39, 0.29) is 0 Å². The molecule has 1 saturated heterocycles. The van der Waals surface area contributed by atoms with Gasteiger partial charge in [0.15, 0.2) is 0 Å². The minimum Gasteiger partial charge on any atom is -0.377 e. The predicted octanol–water partition coefficient (Wildman–Crippen LogP) is 0.320. The summed E-state index contributed by atoms with van der Waals surface area (Å²) in [5.41, 5.74) is 0. The van der Waals surface area contributed by atoms with Crippen molar-refractivity contribution in [1.82, 2.24) is 10.2 Å². The van der Waals surface area contributed by atoms with Gasteiger partial charge in [-0.3, -0.25) is 0 Å². The molecule has 0 spiro atoms. The van der Waals surface area contributed by atoms with E-state index >= 15 is 0 Å². The molecule has 14 heavy (non-hydrogen) atoms. The minimum absolute atomic E-state index is 0.452. The molecule has 0 aromatic rings. The van der Waals surface area contributed by atoms with Crippen LogP contribution < -0.4 is 5.32 Å². The van der Waals surface area contributed by atoms with Crippen LogP contribution in [0.2, 0.25) is 0 Å². The Morgan fingerprint density at radius 3 is 3.14 bits per heavy atom. The highest BCUT2D eigenvalue weighted by atomic mass is 16.5. The van der Waals surface area contributed by atoms with Crippen LogP contribution in [-0.2, 0) is 4.74 Å². The lowest BCUT2D eigenvalue weighted by Gasteiger charge is -2.20. The summed E-state index contributed by atoms with van der Waals surface area (Å²) in [5, 5.41) is 3.17. The zero-order chi connectivity index (χ0) is 10.2. The fourth-order valence-corrected chi connectivity index (χ4v) is 1.66. The van der Waals surface area contributed by atoms with Crippen molar-refractivity contribution in [2.24, 2.45) is 0 Å². The van der Waals surface area contributed by atoms with E-state index in [0.717, 1.165) is 26.2 Å². The van der Waals surface area contributed by atoms with E-state index in [0.29, 0.717) is 12.6 Å². The van der Waals surface area contributed by atoms with Gasteiger partial charge in [0.25, 0.3) is 0 Å². The fraction of sp³-hybridized carbons (Fsp3) is 0.818. The third-order valence-corrected chi connectivity index (χ3v) is 2.44. The highest BCUT2D eigenvalue weighted by Gasteiger charge is 2.16. The van der Waals surface area contributed by atoms with E-state index in [2.05, 4.69) is 23.2 Å². The zero-order valence-corrected chi connectivity index (χ0v) is 8.96. The van der Waals surface area contributed by atoms with Gasteiger partial charge in [-0.25, -0.2) is 0 Å². The number of nitrogens with zero attached hydrogens (tertiary/aromatic N) is 1. The SMILES string of the molecule is C#CCNCCN(C)CC1CCCO1. The molecule has 0 radical (unpaired) electrons. The lowest BCUT2D eigenvalue weighted by molar-refractivity contribution is 0.0816. The van der Waals surface area contributed by atoms with Gasteiger partial charge < -0.3 is 15.0 Å². The topological polar surface area (TPSA) is 24.5 Å². The lowest BCUT2D eigenvalue weighted by Crippen LogP contribution is -2.34. The molecular formula is C11H20N2O. The molecule has 1 atom stereocenters. The first-order valence-corrected chi connectivity index (χ1v) is 5.27. The van der Waals surface area contributed by atoms with Crippen LogP contribution in [0.25, 0.3) is 0 Å². The van der Waals surface area contributed by atoms with Crippen LogP contribution in [0.15, 0.2) is 0 Å². The Balaban J connectivity index is 1.98. The number of hydrogen-bond acceptors (Lipinski definition) is 3. The summed E-state index contributed by atoms with van der Waals surface area (Å²) in [4.78, 5) is 2.29. The monoisotopic (exact) mass is 196 g/mol. The first-order valence-electron chi connectivity index (χ1n) is 5.27. The number of rotatable bonds is 6. The Morgan fingerprint density at radius 2 is 2.50 bits per heavy atom. The maximum Gasteiger partial charge on any atom is 0.0702 e. The van der Waals surface area contributed by atoms with Crippen molar-refractivity contribution in [2.45, 2.75) is 18.9 Å². The predicted molar refractivity (Wildman–Crippen MR) is 58.2 cm³/mol. The zero-order valence-electron chi connectivity index (χ0n) is 8.96. The fourth-order valence-electron chi connectivity index (χ4n) is 1.66. The molecule has 0 amide bonds. The molecule has 0 aromatic heterocycles. The minimum atomic E-state index is 0.452. The van der Waals surface area contributed by atoms with Gasteiger partial charge in [0.2, 0.25) is 0 Å². The average Bonchev–Trinajstić information content (AvgIpc) is 2.65. The molecule has 3 heteroatoms. The smallest absolute Gasteiger partial charge is 0.0702 e. The maximum atomic E-state index is 5.56. The summed E-state index contributed by atoms with van der Waals surface area (Å²) in [5.74, 6) is 2.56. The Hall–Kier alpha value is -0.560. The molecule has 1 rings (SSSR count). The normalized spacial score (nSPS) is 21.4. The van der Waals surface area contributed by atoms with Crippen molar-refractivity contribution in [3.8, 4) is 12.3 Å². The summed E-state index contributed by atoms with van der Waals surface area (Å²) in [7, 11) is 2.12. The number of terminal acetylenes is 1. The van der Waals surface area contributed by atoms with Crippen molar-refractivity contribution in [3.63, 3.8) is 0 Å². The van der Waals surface area contributed by atoms with Crippen LogP contribution >= 0.6 is 0 Å². The first-order chi connectivity index (χ1) is 6.83. The van der Waals surface area contributed by atoms with E-state index in [1.807, 2.05) is 0 Å². The third kappa shape index (κ3) is 4.61. The second-order valence-electron chi connectivity index (χ2n) is 3.78. The summed E-state index contributed by atoms with van der Waals surface area (Å²) in [6.07, 6.45) is 8.01. The van der Waals surface area contributed by atoms with Crippen LogP contribution in [0.5, 0.6) is 0 Å². The van der Waals surface area contributed by atoms with E-state index in [4.69, 9.17) is 11.2 Å². The Kier molecular flexibility index (Phi) is 5.62. The standard InChI is InChI=1S/C11H20N2O/c1-3-6-12-7-8-13(2)10-11-5-4-9-14-11/h1,11-12H,4-10H2,2H3. The molecule has 1 aliphatic rings. The molecule has 1 aliphatic heterocycles. The van der Waals surface area contributed by atoms with E-state index < -0.39 is 0 Å². The maximum absolute atomic E-state index is 5.56. The van der Waals surface area contributed by atoms with Crippen molar-refractivity contribution >= 4 is 0 Å². The molecule has 0 saturated carbocycles. The molecule has 0 aromatic carbocycles. The first kappa shape index (κ1) is 11.5. The molecule has 80 valence electrons. The van der Waals surface area contributed by atoms with Crippen LogP contribution in [-0.4, -0.2) is 50.8 Å². The quantitative estimate of drug-likeness (QED) is 0.489. The molecule has 1 unspecified atom stereocenters. The molecule has 1 fully saturated rings. The summed E-state index contributed by atoms with van der Waals surface area (Å²) in [6, 6.07) is 0. The second-order valence-corrected chi connectivity index (χ2v) is 3.78. The Morgan fingerprint density at radius 1 is 1.64 bits per heavy atom. The highest BCUT2D eigenvalue weighted by molar-refractivity contribution is 4.86. The van der Waals surface area contributed by atoms with Gasteiger partial charge in [-0.05, 0) is 19.9 Å². The van der Waals surface area contributed by atoms with Crippen LogP contribution in [0, 0.1) is 12.3 Å². The summed E-state index contributed by atoms with van der Waals surface area (Å²) < 4.78 is 5.56. The number of nitrogens with one attached hydrogen (secondary N) is 1. The molecule has 3 nitrogen and oxygen atoms in total. The van der Waals surface area contributed by atoms with Crippen molar-refractivity contribution in [1.29, 1.82) is 0 Å². The van der Waals surface area contributed by atoms with Gasteiger partial charge in [-0.2, -0.15) is 0 Å². The number of ether oxygens (including phenoxy) is 1. The second kappa shape index (κ2) is 6.83. The van der Waals surface area contributed by atoms with Crippen molar-refractivity contribution in [3.05, 3.63) is 0 Å². The molecule has 0 aliphatic carbocycles. The highest BCUT2D eigenvalue weighted by Crippen LogP contribution is 2.12. The largest absolute Gasteiger partial charge is 0.377 e. The van der Waals surface area contributed by atoms with Crippen molar-refractivity contribution in [2.75, 3.05) is 39.8 Å². The average molecular weight is 196 g/mol. The van der Waals surface area contributed by atoms with Crippen LogP contribution in [0.3, 0.4) is 0 Å². The van der Waals surface area contributed by atoms with E-state index in [1.165, 1.54) is 12.8 Å². The third-order valence-electron chi connectivity index (χ3n) is 2.44. The summed E-state index contributed by atoms with van der Waals surface area (Å²) in [6.45, 7) is 4.62. The van der Waals surface area contributed by atoms with Crippen molar-refractivity contribution < 1.29 is 4.74 Å². The number of hydrogen-bond donors (Lipinski definition) is 1. The van der Waals surface area contributed by atoms with E-state index in [9.17, 15) is 0 Å². The Bertz CT molecular complexity index is 182. The molecular weight excluding hydrogens is 176 g/mol. The lowest BCUT2D eigenvalue weighted by atomic mass is 10.2. The number of likely N-dealkylation sites (N-methyl/N-ethyl adjacent to an activating group) is 1. The van der Waals surface area contributed by atoms with Gasteiger partial charge in [-0.15, -0.1) is 6.42 Å².